The molecule has 0 saturated carbocycles. The van der Waals surface area contributed by atoms with Crippen LogP contribution >= 0.6 is 0 Å². The van der Waals surface area contributed by atoms with Crippen LogP contribution in [-0.4, -0.2) is 14.5 Å². The average molecular weight is 277 g/mol. The third-order valence-corrected chi connectivity index (χ3v) is 3.74. The van der Waals surface area contributed by atoms with Crippen LogP contribution in [-0.2, 0) is 7.05 Å². The number of halogens is 1. The van der Waals surface area contributed by atoms with Gasteiger partial charge in [0.15, 0.2) is 0 Å². The zero-order valence-corrected chi connectivity index (χ0v) is 11.4. The second-order valence-corrected chi connectivity index (χ2v) is 4.98. The van der Waals surface area contributed by atoms with Crippen molar-refractivity contribution < 1.29 is 4.39 Å². The van der Waals surface area contributed by atoms with Crippen molar-refractivity contribution in [2.45, 2.75) is 0 Å². The van der Waals surface area contributed by atoms with Crippen molar-refractivity contribution in [2.75, 3.05) is 0 Å². The SMILES string of the molecule is Cn1c(-c2ccccc2F)nc2c3ccccc3ncc21. The predicted octanol–water partition coefficient (Wildman–Crippen LogP) is 3.93. The highest BCUT2D eigenvalue weighted by molar-refractivity contribution is 6.03. The second kappa shape index (κ2) is 4.38. The number of pyridine rings is 1. The third-order valence-electron chi connectivity index (χ3n) is 3.74. The lowest BCUT2D eigenvalue weighted by molar-refractivity contribution is 0.629. The van der Waals surface area contributed by atoms with Gasteiger partial charge in [0, 0.05) is 12.4 Å². The van der Waals surface area contributed by atoms with Crippen LogP contribution in [0.5, 0.6) is 0 Å². The Morgan fingerprint density at radius 2 is 1.76 bits per heavy atom. The molecule has 3 nitrogen and oxygen atoms in total. The number of imidazole rings is 1. The maximum atomic E-state index is 14.0. The molecule has 21 heavy (non-hydrogen) atoms. The number of rotatable bonds is 1. The van der Waals surface area contributed by atoms with Crippen LogP contribution in [0.1, 0.15) is 0 Å². The molecule has 0 bridgehead atoms. The molecular formula is C17H12FN3. The van der Waals surface area contributed by atoms with Gasteiger partial charge in [-0.25, -0.2) is 9.37 Å². The fourth-order valence-corrected chi connectivity index (χ4v) is 2.66. The lowest BCUT2D eigenvalue weighted by Crippen LogP contribution is -1.94. The van der Waals surface area contributed by atoms with Gasteiger partial charge >= 0.3 is 0 Å². The summed E-state index contributed by atoms with van der Waals surface area (Å²) in [5, 5.41) is 0.980. The molecule has 2 aromatic carbocycles. The van der Waals surface area contributed by atoms with E-state index in [1.165, 1.54) is 6.07 Å². The van der Waals surface area contributed by atoms with Crippen LogP contribution in [0.4, 0.5) is 4.39 Å². The quantitative estimate of drug-likeness (QED) is 0.528. The summed E-state index contributed by atoms with van der Waals surface area (Å²) in [4.78, 5) is 9.10. The summed E-state index contributed by atoms with van der Waals surface area (Å²) >= 11 is 0. The number of benzene rings is 2. The molecule has 4 aromatic rings. The van der Waals surface area contributed by atoms with Crippen LogP contribution in [0.15, 0.2) is 54.7 Å². The van der Waals surface area contributed by atoms with E-state index in [1.807, 2.05) is 41.9 Å². The molecule has 0 fully saturated rings. The van der Waals surface area contributed by atoms with E-state index in [9.17, 15) is 4.39 Å². The molecule has 0 N–H and O–H groups in total. The van der Waals surface area contributed by atoms with Gasteiger partial charge in [0.2, 0.25) is 0 Å². The van der Waals surface area contributed by atoms with Crippen LogP contribution in [0.3, 0.4) is 0 Å². The standard InChI is InChI=1S/C17H12FN3/c1-21-15-10-19-14-9-5-3-7-12(14)16(15)20-17(21)11-6-2-4-8-13(11)18/h2-10H,1H3. The Morgan fingerprint density at radius 3 is 2.62 bits per heavy atom. The first-order valence-corrected chi connectivity index (χ1v) is 6.71. The fraction of sp³-hybridized carbons (Fsp3) is 0.0588. The molecule has 0 spiro atoms. The van der Waals surface area contributed by atoms with Crippen LogP contribution in [0.2, 0.25) is 0 Å². The van der Waals surface area contributed by atoms with Gasteiger partial charge in [0.05, 0.1) is 22.8 Å². The van der Waals surface area contributed by atoms with Crippen LogP contribution < -0.4 is 0 Å². The summed E-state index contributed by atoms with van der Waals surface area (Å²) in [7, 11) is 1.88. The van der Waals surface area contributed by atoms with Gasteiger partial charge in [-0.1, -0.05) is 30.3 Å². The lowest BCUT2D eigenvalue weighted by atomic mass is 10.2. The highest BCUT2D eigenvalue weighted by Gasteiger charge is 2.15. The van der Waals surface area contributed by atoms with Crippen LogP contribution in [0, 0.1) is 5.82 Å². The molecule has 0 unspecified atom stereocenters. The predicted molar refractivity (Wildman–Crippen MR) is 81.4 cm³/mol. The first-order chi connectivity index (χ1) is 10.3. The van der Waals surface area contributed by atoms with Gasteiger partial charge in [-0.15, -0.1) is 0 Å². The minimum Gasteiger partial charge on any atom is -0.326 e. The first kappa shape index (κ1) is 12.0. The van der Waals surface area contributed by atoms with Gasteiger partial charge in [-0.2, -0.15) is 0 Å². The minimum atomic E-state index is -0.270. The van der Waals surface area contributed by atoms with E-state index in [0.717, 1.165) is 21.9 Å². The number of para-hydroxylation sites is 1. The molecule has 4 rings (SSSR count). The zero-order chi connectivity index (χ0) is 14.4. The number of nitrogens with zero attached hydrogens (tertiary/aromatic N) is 3. The van der Waals surface area contributed by atoms with Gasteiger partial charge in [-0.05, 0) is 18.2 Å². The third kappa shape index (κ3) is 1.72. The van der Waals surface area contributed by atoms with Crippen molar-refractivity contribution >= 4 is 21.9 Å². The fourth-order valence-electron chi connectivity index (χ4n) is 2.66. The van der Waals surface area contributed by atoms with Crippen molar-refractivity contribution in [2.24, 2.45) is 7.05 Å². The normalized spacial score (nSPS) is 11.3. The highest BCUT2D eigenvalue weighted by Crippen LogP contribution is 2.29. The molecule has 0 atom stereocenters. The molecular weight excluding hydrogens is 265 g/mol. The van der Waals surface area contributed by atoms with E-state index in [-0.39, 0.29) is 5.82 Å². The van der Waals surface area contributed by atoms with E-state index in [4.69, 9.17) is 0 Å². The molecule has 0 radical (unpaired) electrons. The summed E-state index contributed by atoms with van der Waals surface area (Å²) < 4.78 is 15.9. The second-order valence-electron chi connectivity index (χ2n) is 4.98. The summed E-state index contributed by atoms with van der Waals surface area (Å²) in [5.41, 5.74) is 3.14. The summed E-state index contributed by atoms with van der Waals surface area (Å²) in [5.74, 6) is 0.342. The molecule has 102 valence electrons. The van der Waals surface area contributed by atoms with Gasteiger partial charge in [0.25, 0.3) is 0 Å². The van der Waals surface area contributed by atoms with Crippen molar-refractivity contribution in [1.29, 1.82) is 0 Å². The van der Waals surface area contributed by atoms with Crippen LogP contribution in [0.25, 0.3) is 33.3 Å². The molecule has 0 amide bonds. The van der Waals surface area contributed by atoms with Gasteiger partial charge < -0.3 is 4.57 Å². The molecule has 4 heteroatoms. The Bertz CT molecular complexity index is 972. The smallest absolute Gasteiger partial charge is 0.143 e. The Balaban J connectivity index is 2.11. The van der Waals surface area contributed by atoms with E-state index in [1.54, 1.807) is 18.3 Å². The molecule has 2 aromatic heterocycles. The molecule has 2 heterocycles. The molecule has 0 aliphatic heterocycles. The zero-order valence-electron chi connectivity index (χ0n) is 11.4. The summed E-state index contributed by atoms with van der Waals surface area (Å²) in [6, 6.07) is 14.5. The average Bonchev–Trinajstić information content (AvgIpc) is 2.85. The lowest BCUT2D eigenvalue weighted by Gasteiger charge is -2.03. The number of aromatic nitrogens is 3. The Kier molecular flexibility index (Phi) is 2.51. The monoisotopic (exact) mass is 277 g/mol. The van der Waals surface area contributed by atoms with E-state index < -0.39 is 0 Å². The molecule has 0 aliphatic carbocycles. The number of hydrogen-bond donors (Lipinski definition) is 0. The van der Waals surface area contributed by atoms with E-state index in [0.29, 0.717) is 11.4 Å². The van der Waals surface area contributed by atoms with Crippen molar-refractivity contribution in [1.82, 2.24) is 14.5 Å². The Morgan fingerprint density at radius 1 is 1.00 bits per heavy atom. The number of aryl methyl sites for hydroxylation is 1. The van der Waals surface area contributed by atoms with Gasteiger partial charge in [-0.3, -0.25) is 4.98 Å². The van der Waals surface area contributed by atoms with Crippen molar-refractivity contribution in [3.8, 4) is 11.4 Å². The number of hydrogen-bond acceptors (Lipinski definition) is 2. The maximum Gasteiger partial charge on any atom is 0.143 e. The molecule has 0 aliphatic rings. The Hall–Kier alpha value is -2.75. The topological polar surface area (TPSA) is 30.7 Å². The number of fused-ring (bicyclic) bond motifs is 3. The Labute approximate surface area is 120 Å². The molecule has 0 saturated heterocycles. The largest absolute Gasteiger partial charge is 0.326 e. The van der Waals surface area contributed by atoms with E-state index in [2.05, 4.69) is 9.97 Å². The van der Waals surface area contributed by atoms with Gasteiger partial charge in [0.1, 0.15) is 17.2 Å². The van der Waals surface area contributed by atoms with Crippen molar-refractivity contribution in [3.63, 3.8) is 0 Å². The van der Waals surface area contributed by atoms with E-state index >= 15 is 0 Å². The highest BCUT2D eigenvalue weighted by atomic mass is 19.1. The first-order valence-electron chi connectivity index (χ1n) is 6.71. The summed E-state index contributed by atoms with van der Waals surface area (Å²) in [6.45, 7) is 0. The van der Waals surface area contributed by atoms with Crippen molar-refractivity contribution in [3.05, 3.63) is 60.5 Å². The maximum absolute atomic E-state index is 14.0. The summed E-state index contributed by atoms with van der Waals surface area (Å²) in [6.07, 6.45) is 1.79. The minimum absolute atomic E-state index is 0.270.